The fraction of sp³-hybridized carbons (Fsp3) is 0.692. The second-order valence-corrected chi connectivity index (χ2v) is 5.21. The topological polar surface area (TPSA) is 0 Å². The maximum Gasteiger partial charge on any atom is 0.0230 e. The summed E-state index contributed by atoms with van der Waals surface area (Å²) in [4.78, 5) is 0. The first-order valence-electron chi connectivity index (χ1n) is 5.82. The first kappa shape index (κ1) is 11.9. The van der Waals surface area contributed by atoms with Gasteiger partial charge in [0.25, 0.3) is 0 Å². The third-order valence-corrected chi connectivity index (χ3v) is 3.86. The first-order chi connectivity index (χ1) is 6.93. The third-order valence-electron chi connectivity index (χ3n) is 2.65. The predicted octanol–water partition coefficient (Wildman–Crippen LogP) is 4.57. The number of hydrogen-bond acceptors (Lipinski definition) is 1. The molecule has 0 N–H and O–H groups in total. The van der Waals surface area contributed by atoms with Gasteiger partial charge in [0, 0.05) is 11.0 Å². The zero-order valence-electron chi connectivity index (χ0n) is 9.08. The van der Waals surface area contributed by atoms with Crippen molar-refractivity contribution in [1.29, 1.82) is 0 Å². The van der Waals surface area contributed by atoms with Crippen molar-refractivity contribution in [2.24, 2.45) is 0 Å². The Kier molecular flexibility index (Phi) is 6.94. The van der Waals surface area contributed by atoms with Gasteiger partial charge >= 0.3 is 0 Å². The van der Waals surface area contributed by atoms with Gasteiger partial charge in [-0.1, -0.05) is 43.9 Å². The minimum atomic E-state index is 0.836. The highest BCUT2D eigenvalue weighted by Crippen LogP contribution is 2.24. The molecule has 0 aromatic rings. The van der Waals surface area contributed by atoms with Crippen LogP contribution in [0.4, 0.5) is 0 Å². The summed E-state index contributed by atoms with van der Waals surface area (Å²) < 4.78 is 0. The minimum Gasteiger partial charge on any atom is -0.150 e. The van der Waals surface area contributed by atoms with E-state index in [1.807, 2.05) is 6.08 Å². The number of allylic oxidation sites excluding steroid dienone is 1. The van der Waals surface area contributed by atoms with Gasteiger partial charge < -0.3 is 0 Å². The van der Waals surface area contributed by atoms with Crippen molar-refractivity contribution in [3.8, 4) is 0 Å². The van der Waals surface area contributed by atoms with Gasteiger partial charge in [0.15, 0.2) is 0 Å². The van der Waals surface area contributed by atoms with Gasteiger partial charge in [0.2, 0.25) is 0 Å². The molecule has 0 aliphatic carbocycles. The van der Waals surface area contributed by atoms with Gasteiger partial charge in [-0.15, -0.1) is 6.58 Å². The molecule has 0 saturated carbocycles. The molecular formula is C13H22S. The molecule has 80 valence electrons. The summed E-state index contributed by atoms with van der Waals surface area (Å²) in [5.74, 6) is 1.24. The largest absolute Gasteiger partial charge is 0.150 e. The summed E-state index contributed by atoms with van der Waals surface area (Å²) >= 11 is 2.09. The molecule has 1 heterocycles. The highest BCUT2D eigenvalue weighted by molar-refractivity contribution is 8.00. The molecule has 1 rings (SSSR count). The zero-order valence-corrected chi connectivity index (χ0v) is 9.90. The molecule has 1 atom stereocenters. The minimum absolute atomic E-state index is 0.836. The molecule has 1 aliphatic heterocycles. The van der Waals surface area contributed by atoms with E-state index in [-0.39, 0.29) is 0 Å². The van der Waals surface area contributed by atoms with Crippen LogP contribution < -0.4 is 0 Å². The highest BCUT2D eigenvalue weighted by atomic mass is 32.2. The van der Waals surface area contributed by atoms with Gasteiger partial charge in [-0.2, -0.15) is 11.8 Å². The van der Waals surface area contributed by atoms with Crippen LogP contribution in [0, 0.1) is 0 Å². The van der Waals surface area contributed by atoms with Gasteiger partial charge in [0.1, 0.15) is 0 Å². The second kappa shape index (κ2) is 8.16. The fourth-order valence-corrected chi connectivity index (χ4v) is 2.81. The summed E-state index contributed by atoms with van der Waals surface area (Å²) in [6.45, 7) is 3.74. The molecule has 1 aliphatic rings. The van der Waals surface area contributed by atoms with Crippen molar-refractivity contribution in [2.75, 3.05) is 5.75 Å². The average molecular weight is 210 g/mol. The van der Waals surface area contributed by atoms with Gasteiger partial charge in [0.05, 0.1) is 0 Å². The Bertz CT molecular complexity index is 172. The van der Waals surface area contributed by atoms with E-state index in [2.05, 4.69) is 30.5 Å². The molecule has 0 unspecified atom stereocenters. The molecular weight excluding hydrogens is 188 g/mol. The van der Waals surface area contributed by atoms with E-state index in [9.17, 15) is 0 Å². The van der Waals surface area contributed by atoms with E-state index in [1.54, 1.807) is 0 Å². The Morgan fingerprint density at radius 3 is 2.71 bits per heavy atom. The van der Waals surface area contributed by atoms with Crippen LogP contribution in [0.25, 0.3) is 0 Å². The van der Waals surface area contributed by atoms with E-state index < -0.39 is 0 Å². The summed E-state index contributed by atoms with van der Waals surface area (Å²) in [6, 6.07) is 0. The zero-order chi connectivity index (χ0) is 10.1. The maximum atomic E-state index is 3.74. The highest BCUT2D eigenvalue weighted by Gasteiger charge is 2.07. The van der Waals surface area contributed by atoms with Gasteiger partial charge in [-0.3, -0.25) is 0 Å². The molecule has 0 aromatic carbocycles. The summed E-state index contributed by atoms with van der Waals surface area (Å²) in [7, 11) is 0. The number of hydrogen-bond donors (Lipinski definition) is 0. The van der Waals surface area contributed by atoms with Crippen LogP contribution >= 0.6 is 11.8 Å². The van der Waals surface area contributed by atoms with Crippen molar-refractivity contribution in [3.05, 3.63) is 24.8 Å². The van der Waals surface area contributed by atoms with Crippen LogP contribution in [-0.2, 0) is 0 Å². The number of unbranched alkanes of at least 4 members (excludes halogenated alkanes) is 5. The molecule has 0 amide bonds. The van der Waals surface area contributed by atoms with Crippen molar-refractivity contribution in [1.82, 2.24) is 0 Å². The molecule has 0 aromatic heterocycles. The van der Waals surface area contributed by atoms with E-state index in [0.29, 0.717) is 0 Å². The second-order valence-electron chi connectivity index (χ2n) is 3.93. The summed E-state index contributed by atoms with van der Waals surface area (Å²) in [5.41, 5.74) is 0. The monoisotopic (exact) mass is 210 g/mol. The third kappa shape index (κ3) is 5.54. The predicted molar refractivity (Wildman–Crippen MR) is 67.9 cm³/mol. The van der Waals surface area contributed by atoms with Crippen LogP contribution in [0.2, 0.25) is 0 Å². The van der Waals surface area contributed by atoms with Crippen molar-refractivity contribution >= 4 is 11.8 Å². The summed E-state index contributed by atoms with van der Waals surface area (Å²) in [5, 5.41) is 0.836. The van der Waals surface area contributed by atoms with Crippen molar-refractivity contribution in [3.63, 3.8) is 0 Å². The Balaban J connectivity index is 1.79. The molecule has 0 nitrogen and oxygen atoms in total. The smallest absolute Gasteiger partial charge is 0.0230 e. The van der Waals surface area contributed by atoms with Crippen molar-refractivity contribution < 1.29 is 0 Å². The van der Waals surface area contributed by atoms with E-state index in [0.717, 1.165) is 5.25 Å². The lowest BCUT2D eigenvalue weighted by Crippen LogP contribution is -1.93. The van der Waals surface area contributed by atoms with Crippen LogP contribution in [0.5, 0.6) is 0 Å². The van der Waals surface area contributed by atoms with Crippen LogP contribution in [0.15, 0.2) is 24.8 Å². The first-order valence-corrected chi connectivity index (χ1v) is 6.87. The van der Waals surface area contributed by atoms with Crippen molar-refractivity contribution in [2.45, 2.75) is 50.2 Å². The fourth-order valence-electron chi connectivity index (χ4n) is 1.79. The molecule has 14 heavy (non-hydrogen) atoms. The molecule has 0 bridgehead atoms. The molecule has 1 heteroatoms. The van der Waals surface area contributed by atoms with E-state index in [4.69, 9.17) is 0 Å². The van der Waals surface area contributed by atoms with E-state index >= 15 is 0 Å². The van der Waals surface area contributed by atoms with Gasteiger partial charge in [-0.05, 0) is 19.3 Å². The molecule has 0 fully saturated rings. The number of thioether (sulfide) groups is 1. The Hall–Kier alpha value is -0.170. The summed E-state index contributed by atoms with van der Waals surface area (Å²) in [6.07, 6.45) is 16.3. The van der Waals surface area contributed by atoms with E-state index in [1.165, 1.54) is 50.7 Å². The lowest BCUT2D eigenvalue weighted by molar-refractivity contribution is 0.603. The number of rotatable bonds is 8. The Morgan fingerprint density at radius 1 is 1.21 bits per heavy atom. The van der Waals surface area contributed by atoms with Crippen LogP contribution in [0.3, 0.4) is 0 Å². The molecule has 0 spiro atoms. The standard InChI is InChI=1S/C13H22S/c1-2-3-4-5-6-7-8-10-13-11-9-12-14-13/h2,9,11,13H,1,3-8,10,12H2/t13-/m0/s1. The Labute approximate surface area is 92.9 Å². The quantitative estimate of drug-likeness (QED) is 0.417. The molecule has 0 saturated heterocycles. The molecule has 0 radical (unpaired) electrons. The van der Waals surface area contributed by atoms with Crippen LogP contribution in [0.1, 0.15) is 44.9 Å². The van der Waals surface area contributed by atoms with Crippen LogP contribution in [-0.4, -0.2) is 11.0 Å². The van der Waals surface area contributed by atoms with Gasteiger partial charge in [-0.25, -0.2) is 0 Å². The lowest BCUT2D eigenvalue weighted by Gasteiger charge is -2.06. The normalized spacial score (nSPS) is 20.1. The Morgan fingerprint density at radius 2 is 2.00 bits per heavy atom. The average Bonchev–Trinajstić information content (AvgIpc) is 2.69. The SMILES string of the molecule is C=CCCCCCCC[C@H]1C=CCS1. The lowest BCUT2D eigenvalue weighted by atomic mass is 10.1. The maximum absolute atomic E-state index is 3.74.